The van der Waals surface area contributed by atoms with Gasteiger partial charge < -0.3 is 5.32 Å². The van der Waals surface area contributed by atoms with Crippen molar-refractivity contribution in [3.8, 4) is 5.69 Å². The van der Waals surface area contributed by atoms with Crippen LogP contribution in [0, 0.1) is 12.7 Å². The van der Waals surface area contributed by atoms with Crippen molar-refractivity contribution in [1.82, 2.24) is 9.55 Å². The van der Waals surface area contributed by atoms with Crippen LogP contribution in [0.4, 0.5) is 15.8 Å². The highest BCUT2D eigenvalue weighted by molar-refractivity contribution is 6.06. The highest BCUT2D eigenvalue weighted by atomic mass is 19.1. The summed E-state index contributed by atoms with van der Waals surface area (Å²) in [5.74, 6) is 0.190. The third-order valence-electron chi connectivity index (χ3n) is 5.56. The second-order valence-corrected chi connectivity index (χ2v) is 8.09. The van der Waals surface area contributed by atoms with Gasteiger partial charge in [-0.1, -0.05) is 36.4 Å². The lowest BCUT2D eigenvalue weighted by Gasteiger charge is -2.11. The molecule has 7 heteroatoms. The summed E-state index contributed by atoms with van der Waals surface area (Å²) in [5, 5.41) is 2.93. The molecule has 4 aromatic carbocycles. The normalized spacial score (nSPS) is 10.9. The van der Waals surface area contributed by atoms with E-state index in [4.69, 9.17) is 4.84 Å². The van der Waals surface area contributed by atoms with Gasteiger partial charge in [0.05, 0.1) is 23.3 Å². The van der Waals surface area contributed by atoms with Crippen LogP contribution in [-0.4, -0.2) is 15.5 Å². The Balaban J connectivity index is 1.32. The number of hydrogen-bond donors (Lipinski definition) is 2. The van der Waals surface area contributed by atoms with Crippen molar-refractivity contribution in [1.29, 1.82) is 0 Å². The highest BCUT2D eigenvalue weighted by Gasteiger charge is 2.14. The van der Waals surface area contributed by atoms with Crippen LogP contribution in [0.2, 0.25) is 0 Å². The molecule has 6 nitrogen and oxygen atoms in total. The number of fused-ring (bicyclic) bond motifs is 1. The zero-order valence-electron chi connectivity index (χ0n) is 19.0. The van der Waals surface area contributed by atoms with Crippen molar-refractivity contribution in [2.24, 2.45) is 0 Å². The molecule has 2 N–H and O–H groups in total. The van der Waals surface area contributed by atoms with Crippen LogP contribution in [0.1, 0.15) is 21.7 Å². The minimum atomic E-state index is -0.307. The Morgan fingerprint density at radius 1 is 0.914 bits per heavy atom. The fraction of sp³-hybridized carbons (Fsp3) is 0.0714. The molecule has 1 aromatic heterocycles. The summed E-state index contributed by atoms with van der Waals surface area (Å²) in [5.41, 5.74) is 8.10. The fourth-order valence-electron chi connectivity index (χ4n) is 3.89. The molecule has 0 unspecified atom stereocenters. The summed E-state index contributed by atoms with van der Waals surface area (Å²) < 4.78 is 15.3. The zero-order valence-corrected chi connectivity index (χ0v) is 19.0. The van der Waals surface area contributed by atoms with Gasteiger partial charge in [-0.25, -0.2) is 9.37 Å². The standard InChI is InChI=1S/C28H23FN4O2/c1-19-30-26-15-10-21(16-27(26)33(19)25-13-11-22(29)12-14-25)28(34)31-23-8-5-9-24(17-23)32-35-18-20-6-3-2-4-7-20/h2-17,32H,18H2,1H3,(H,31,34). The molecular weight excluding hydrogens is 443 g/mol. The molecule has 174 valence electrons. The molecule has 0 bridgehead atoms. The molecule has 1 heterocycles. The number of halogens is 1. The van der Waals surface area contributed by atoms with Crippen molar-refractivity contribution in [3.05, 3.63) is 120 Å². The van der Waals surface area contributed by atoms with Gasteiger partial charge >= 0.3 is 0 Å². The van der Waals surface area contributed by atoms with Crippen LogP contribution in [-0.2, 0) is 11.4 Å². The maximum Gasteiger partial charge on any atom is 0.255 e. The molecule has 0 fully saturated rings. The van der Waals surface area contributed by atoms with E-state index in [0.717, 1.165) is 33.8 Å². The van der Waals surface area contributed by atoms with E-state index in [9.17, 15) is 9.18 Å². The maximum absolute atomic E-state index is 13.4. The van der Waals surface area contributed by atoms with Crippen molar-refractivity contribution in [3.63, 3.8) is 0 Å². The molecule has 0 atom stereocenters. The number of amides is 1. The van der Waals surface area contributed by atoms with Crippen LogP contribution in [0.3, 0.4) is 0 Å². The van der Waals surface area contributed by atoms with E-state index in [0.29, 0.717) is 17.9 Å². The summed E-state index contributed by atoms with van der Waals surface area (Å²) in [6.45, 7) is 2.29. The molecule has 5 aromatic rings. The Hall–Kier alpha value is -4.49. The van der Waals surface area contributed by atoms with Gasteiger partial charge in [-0.3, -0.25) is 19.7 Å². The fourth-order valence-corrected chi connectivity index (χ4v) is 3.89. The van der Waals surface area contributed by atoms with E-state index >= 15 is 0 Å². The Morgan fingerprint density at radius 3 is 2.49 bits per heavy atom. The maximum atomic E-state index is 13.4. The quantitative estimate of drug-likeness (QED) is 0.278. The Kier molecular flexibility index (Phi) is 6.24. The number of rotatable bonds is 7. The molecular formula is C28H23FN4O2. The van der Waals surface area contributed by atoms with Crippen molar-refractivity contribution < 1.29 is 14.0 Å². The van der Waals surface area contributed by atoms with Crippen molar-refractivity contribution in [2.75, 3.05) is 10.8 Å². The van der Waals surface area contributed by atoms with Gasteiger partial charge in [0.25, 0.3) is 5.91 Å². The summed E-state index contributed by atoms with van der Waals surface area (Å²) >= 11 is 0. The summed E-state index contributed by atoms with van der Waals surface area (Å²) in [4.78, 5) is 23.2. The number of carbonyl (C=O) groups excluding carboxylic acids is 1. The van der Waals surface area contributed by atoms with E-state index in [1.807, 2.05) is 66.1 Å². The number of anilines is 2. The smallest absolute Gasteiger partial charge is 0.255 e. The molecule has 1 amide bonds. The summed E-state index contributed by atoms with van der Waals surface area (Å²) in [6, 6.07) is 28.7. The Bertz CT molecular complexity index is 1480. The first-order valence-electron chi connectivity index (χ1n) is 11.1. The lowest BCUT2D eigenvalue weighted by atomic mass is 10.1. The van der Waals surface area contributed by atoms with E-state index in [2.05, 4.69) is 15.8 Å². The SMILES string of the molecule is Cc1nc2ccc(C(=O)Nc3cccc(NOCc4ccccc4)c3)cc2n1-c1ccc(F)cc1. The molecule has 0 aliphatic rings. The predicted octanol–water partition coefficient (Wildman–Crippen LogP) is 6.27. The number of aromatic nitrogens is 2. The number of carbonyl (C=O) groups is 1. The predicted molar refractivity (Wildman–Crippen MR) is 135 cm³/mol. The molecule has 0 saturated carbocycles. The second kappa shape index (κ2) is 9.79. The largest absolute Gasteiger partial charge is 0.322 e. The monoisotopic (exact) mass is 466 g/mol. The molecule has 0 saturated heterocycles. The minimum Gasteiger partial charge on any atom is -0.322 e. The molecule has 5 rings (SSSR count). The first-order chi connectivity index (χ1) is 17.1. The van der Waals surface area contributed by atoms with E-state index in [1.165, 1.54) is 12.1 Å². The topological polar surface area (TPSA) is 68.2 Å². The van der Waals surface area contributed by atoms with Crippen LogP contribution in [0.15, 0.2) is 97.1 Å². The van der Waals surface area contributed by atoms with Crippen LogP contribution in [0.5, 0.6) is 0 Å². The average molecular weight is 467 g/mol. The average Bonchev–Trinajstić information content (AvgIpc) is 3.20. The molecule has 0 aliphatic heterocycles. The minimum absolute atomic E-state index is 0.251. The summed E-state index contributed by atoms with van der Waals surface area (Å²) in [7, 11) is 0. The lowest BCUT2D eigenvalue weighted by molar-refractivity contribution is 0.102. The lowest BCUT2D eigenvalue weighted by Crippen LogP contribution is -2.12. The second-order valence-electron chi connectivity index (χ2n) is 8.09. The van der Waals surface area contributed by atoms with E-state index < -0.39 is 0 Å². The molecule has 0 spiro atoms. The number of benzene rings is 4. The van der Waals surface area contributed by atoms with Crippen LogP contribution < -0.4 is 10.8 Å². The van der Waals surface area contributed by atoms with Gasteiger partial charge in [0, 0.05) is 16.9 Å². The number of nitrogens with one attached hydrogen (secondary N) is 2. The van der Waals surface area contributed by atoms with Gasteiger partial charge in [-0.2, -0.15) is 0 Å². The van der Waals surface area contributed by atoms with Gasteiger partial charge in [0.15, 0.2) is 0 Å². The third kappa shape index (κ3) is 5.05. The van der Waals surface area contributed by atoms with Crippen LogP contribution in [0.25, 0.3) is 16.7 Å². The number of imidazole rings is 1. The Labute approximate surface area is 202 Å². The number of nitrogens with zero attached hydrogens (tertiary/aromatic N) is 2. The van der Waals surface area contributed by atoms with Gasteiger partial charge in [0.1, 0.15) is 11.6 Å². The highest BCUT2D eigenvalue weighted by Crippen LogP contribution is 2.24. The van der Waals surface area contributed by atoms with Crippen molar-refractivity contribution in [2.45, 2.75) is 13.5 Å². The van der Waals surface area contributed by atoms with Gasteiger partial charge in [-0.05, 0) is 73.2 Å². The van der Waals surface area contributed by atoms with Crippen LogP contribution >= 0.6 is 0 Å². The number of hydrogen-bond acceptors (Lipinski definition) is 4. The van der Waals surface area contributed by atoms with E-state index in [-0.39, 0.29) is 11.7 Å². The van der Waals surface area contributed by atoms with Gasteiger partial charge in [0.2, 0.25) is 0 Å². The zero-order chi connectivity index (χ0) is 24.2. The van der Waals surface area contributed by atoms with Gasteiger partial charge in [-0.15, -0.1) is 0 Å². The molecule has 0 aliphatic carbocycles. The molecule has 35 heavy (non-hydrogen) atoms. The third-order valence-corrected chi connectivity index (χ3v) is 5.56. The number of aryl methyl sites for hydroxylation is 1. The van der Waals surface area contributed by atoms with E-state index in [1.54, 1.807) is 30.3 Å². The Morgan fingerprint density at radius 2 is 1.69 bits per heavy atom. The molecule has 0 radical (unpaired) electrons. The first kappa shape index (κ1) is 22.3. The van der Waals surface area contributed by atoms with Crippen molar-refractivity contribution >= 4 is 28.3 Å². The summed E-state index contributed by atoms with van der Waals surface area (Å²) in [6.07, 6.45) is 0. The first-order valence-corrected chi connectivity index (χ1v) is 11.1.